The van der Waals surface area contributed by atoms with E-state index < -0.39 is 0 Å². The zero-order valence-corrected chi connectivity index (χ0v) is 12.6. The highest BCUT2D eigenvalue weighted by Gasteiger charge is 2.16. The zero-order chi connectivity index (χ0) is 14.6. The van der Waals surface area contributed by atoms with Crippen LogP contribution in [0.4, 0.5) is 0 Å². The molecule has 0 aliphatic carbocycles. The third kappa shape index (κ3) is 1.66. The minimum absolute atomic E-state index is 0.0278. The van der Waals surface area contributed by atoms with Crippen LogP contribution in [0.2, 0.25) is 5.15 Å². The maximum atomic E-state index is 12.3. The number of nitrogens with zero attached hydrogens (tertiary/aromatic N) is 4. The smallest absolute Gasteiger partial charge is 0.295 e. The van der Waals surface area contributed by atoms with Crippen molar-refractivity contribution in [2.75, 3.05) is 0 Å². The SMILES string of the molecule is Cc1nnc(Cl)c2cc3c(cc12)n(C)c(=O)n3C(C)C. The lowest BCUT2D eigenvalue weighted by Crippen LogP contribution is -2.23. The van der Waals surface area contributed by atoms with E-state index in [0.29, 0.717) is 5.15 Å². The van der Waals surface area contributed by atoms with E-state index in [1.165, 1.54) is 0 Å². The van der Waals surface area contributed by atoms with E-state index >= 15 is 0 Å². The normalized spacial score (nSPS) is 11.9. The second-order valence-electron chi connectivity index (χ2n) is 5.27. The third-order valence-corrected chi connectivity index (χ3v) is 3.92. The number of halogens is 1. The molecule has 0 radical (unpaired) electrons. The number of fused-ring (bicyclic) bond motifs is 2. The minimum Gasteiger partial charge on any atom is -0.295 e. The van der Waals surface area contributed by atoms with Crippen molar-refractivity contribution in [2.24, 2.45) is 7.05 Å². The zero-order valence-electron chi connectivity index (χ0n) is 11.8. The summed E-state index contributed by atoms with van der Waals surface area (Å²) in [5.41, 5.74) is 2.52. The van der Waals surface area contributed by atoms with E-state index in [2.05, 4.69) is 10.2 Å². The first-order chi connectivity index (χ1) is 9.41. The lowest BCUT2D eigenvalue weighted by Gasteiger charge is -2.08. The van der Waals surface area contributed by atoms with Gasteiger partial charge in [-0.1, -0.05) is 11.6 Å². The van der Waals surface area contributed by atoms with Gasteiger partial charge in [0.15, 0.2) is 5.15 Å². The van der Waals surface area contributed by atoms with Crippen molar-refractivity contribution >= 4 is 33.4 Å². The van der Waals surface area contributed by atoms with Crippen molar-refractivity contribution < 1.29 is 0 Å². The molecule has 0 saturated heterocycles. The molecule has 104 valence electrons. The highest BCUT2D eigenvalue weighted by Crippen LogP contribution is 2.28. The topological polar surface area (TPSA) is 52.7 Å². The molecule has 0 spiro atoms. The van der Waals surface area contributed by atoms with Crippen LogP contribution in [0, 0.1) is 6.92 Å². The summed E-state index contributed by atoms with van der Waals surface area (Å²) < 4.78 is 3.42. The Balaban J connectivity index is 2.59. The molecule has 6 heteroatoms. The monoisotopic (exact) mass is 290 g/mol. The first-order valence-electron chi connectivity index (χ1n) is 6.45. The maximum absolute atomic E-state index is 12.3. The molecule has 0 atom stereocenters. The molecule has 0 saturated carbocycles. The summed E-state index contributed by atoms with van der Waals surface area (Å²) in [6, 6.07) is 3.97. The van der Waals surface area contributed by atoms with Crippen LogP contribution in [0.1, 0.15) is 25.6 Å². The molecular weight excluding hydrogens is 276 g/mol. The van der Waals surface area contributed by atoms with Gasteiger partial charge in [-0.15, -0.1) is 5.10 Å². The standard InChI is InChI=1S/C14H15ClN4O/c1-7(2)19-12-6-10-9(8(3)16-17-13(10)15)5-11(12)18(4)14(19)20/h5-7H,1-4H3. The second kappa shape index (κ2) is 4.31. The predicted molar refractivity (Wildman–Crippen MR) is 80.4 cm³/mol. The summed E-state index contributed by atoms with van der Waals surface area (Å²) in [5.74, 6) is 0. The van der Waals surface area contributed by atoms with Crippen LogP contribution in [-0.4, -0.2) is 19.3 Å². The van der Waals surface area contributed by atoms with Gasteiger partial charge < -0.3 is 0 Å². The van der Waals surface area contributed by atoms with Crippen molar-refractivity contribution in [3.05, 3.63) is 33.5 Å². The number of aromatic nitrogens is 4. The Labute approximate surface area is 120 Å². The number of rotatable bonds is 1. The fourth-order valence-electron chi connectivity index (χ4n) is 2.60. The molecule has 3 aromatic rings. The second-order valence-corrected chi connectivity index (χ2v) is 5.63. The van der Waals surface area contributed by atoms with Gasteiger partial charge in [0, 0.05) is 23.9 Å². The van der Waals surface area contributed by atoms with Gasteiger partial charge in [0.25, 0.3) is 0 Å². The molecule has 0 aliphatic rings. The highest BCUT2D eigenvalue weighted by atomic mass is 35.5. The molecule has 0 aliphatic heterocycles. The Kier molecular flexibility index (Phi) is 2.83. The fraction of sp³-hybridized carbons (Fsp3) is 0.357. The van der Waals surface area contributed by atoms with Crippen molar-refractivity contribution in [3.8, 4) is 0 Å². The summed E-state index contributed by atoms with van der Waals surface area (Å²) in [4.78, 5) is 12.3. The Morgan fingerprint density at radius 2 is 1.80 bits per heavy atom. The van der Waals surface area contributed by atoms with Crippen LogP contribution >= 0.6 is 11.6 Å². The minimum atomic E-state index is -0.0278. The predicted octanol–water partition coefficient (Wildman–Crippen LogP) is 2.83. The van der Waals surface area contributed by atoms with E-state index in [1.54, 1.807) is 16.2 Å². The average Bonchev–Trinajstić information content (AvgIpc) is 2.65. The van der Waals surface area contributed by atoms with Crippen molar-refractivity contribution in [2.45, 2.75) is 26.8 Å². The van der Waals surface area contributed by atoms with Crippen molar-refractivity contribution in [3.63, 3.8) is 0 Å². The molecule has 0 N–H and O–H groups in total. The first kappa shape index (κ1) is 13.1. The number of benzene rings is 1. The van der Waals surface area contributed by atoms with Gasteiger partial charge in [0.2, 0.25) is 0 Å². The van der Waals surface area contributed by atoms with Crippen LogP contribution in [0.15, 0.2) is 16.9 Å². The van der Waals surface area contributed by atoms with E-state index in [0.717, 1.165) is 27.5 Å². The Bertz CT molecular complexity index is 892. The van der Waals surface area contributed by atoms with Gasteiger partial charge in [-0.3, -0.25) is 9.13 Å². The first-order valence-corrected chi connectivity index (χ1v) is 6.83. The number of hydrogen-bond acceptors (Lipinski definition) is 3. The van der Waals surface area contributed by atoms with Crippen molar-refractivity contribution in [1.29, 1.82) is 0 Å². The molecule has 0 bridgehead atoms. The van der Waals surface area contributed by atoms with Crippen LogP contribution in [0.25, 0.3) is 21.8 Å². The summed E-state index contributed by atoms with van der Waals surface area (Å²) >= 11 is 6.14. The molecule has 0 amide bonds. The van der Waals surface area contributed by atoms with Crippen LogP contribution in [-0.2, 0) is 7.05 Å². The molecule has 20 heavy (non-hydrogen) atoms. The Morgan fingerprint density at radius 1 is 1.15 bits per heavy atom. The quantitative estimate of drug-likeness (QED) is 0.692. The van der Waals surface area contributed by atoms with E-state index in [1.807, 2.05) is 32.9 Å². The lowest BCUT2D eigenvalue weighted by molar-refractivity contribution is 0.583. The molecule has 0 unspecified atom stereocenters. The molecule has 5 nitrogen and oxygen atoms in total. The summed E-state index contributed by atoms with van der Waals surface area (Å²) in [6.45, 7) is 5.86. The van der Waals surface area contributed by atoms with E-state index in [4.69, 9.17) is 11.6 Å². The van der Waals surface area contributed by atoms with Crippen LogP contribution < -0.4 is 5.69 Å². The third-order valence-electron chi connectivity index (χ3n) is 3.64. The molecule has 0 fully saturated rings. The molecule has 3 rings (SSSR count). The van der Waals surface area contributed by atoms with Crippen LogP contribution in [0.5, 0.6) is 0 Å². The van der Waals surface area contributed by atoms with Gasteiger partial charge in [0.1, 0.15) is 0 Å². The highest BCUT2D eigenvalue weighted by molar-refractivity contribution is 6.34. The average molecular weight is 291 g/mol. The summed E-state index contributed by atoms with van der Waals surface area (Å²) in [5, 5.41) is 10.1. The Morgan fingerprint density at radius 3 is 2.45 bits per heavy atom. The summed E-state index contributed by atoms with van der Waals surface area (Å²) in [7, 11) is 1.78. The number of imidazole rings is 1. The number of hydrogen-bond donors (Lipinski definition) is 0. The maximum Gasteiger partial charge on any atom is 0.329 e. The Hall–Kier alpha value is -1.88. The van der Waals surface area contributed by atoms with Gasteiger partial charge in [-0.05, 0) is 32.9 Å². The van der Waals surface area contributed by atoms with Gasteiger partial charge in [-0.2, -0.15) is 5.10 Å². The van der Waals surface area contributed by atoms with Gasteiger partial charge in [-0.25, -0.2) is 4.79 Å². The van der Waals surface area contributed by atoms with Crippen molar-refractivity contribution in [1.82, 2.24) is 19.3 Å². The van der Waals surface area contributed by atoms with Gasteiger partial charge in [0.05, 0.1) is 16.7 Å². The largest absolute Gasteiger partial charge is 0.329 e. The van der Waals surface area contributed by atoms with Crippen LogP contribution in [0.3, 0.4) is 0 Å². The lowest BCUT2D eigenvalue weighted by atomic mass is 10.1. The summed E-state index contributed by atoms with van der Waals surface area (Å²) in [6.07, 6.45) is 0. The van der Waals surface area contributed by atoms with E-state index in [-0.39, 0.29) is 11.7 Å². The molecular formula is C14H15ClN4O. The molecule has 2 aromatic heterocycles. The molecule has 2 heterocycles. The molecule has 1 aromatic carbocycles. The fourth-order valence-corrected chi connectivity index (χ4v) is 2.80. The van der Waals surface area contributed by atoms with Gasteiger partial charge >= 0.3 is 5.69 Å². The van der Waals surface area contributed by atoms with E-state index in [9.17, 15) is 4.79 Å². The number of aryl methyl sites for hydroxylation is 2.